The molecule has 42 heavy (non-hydrogen) atoms. The van der Waals surface area contributed by atoms with Crippen LogP contribution in [0.15, 0.2) is 48.7 Å². The van der Waals surface area contributed by atoms with Gasteiger partial charge >= 0.3 is 0 Å². The van der Waals surface area contributed by atoms with Crippen molar-refractivity contribution in [1.82, 2.24) is 19.7 Å². The van der Waals surface area contributed by atoms with Gasteiger partial charge in [-0.1, -0.05) is 56.7 Å². The number of benzene rings is 2. The summed E-state index contributed by atoms with van der Waals surface area (Å²) in [6, 6.07) is 14.1. The van der Waals surface area contributed by atoms with Gasteiger partial charge in [0.05, 0.1) is 6.04 Å². The lowest BCUT2D eigenvalue weighted by Gasteiger charge is -2.50. The first kappa shape index (κ1) is 30.5. The Hall–Kier alpha value is -3.00. The van der Waals surface area contributed by atoms with Crippen LogP contribution in [0.25, 0.3) is 10.9 Å². The second-order valence-electron chi connectivity index (χ2n) is 12.4. The standard InChI is InChI=1S/C35H49N5O2/c1-5-27-15-14-26(22-28(27)6-2)24-38(4)34(42)35(25(3)41,33(36)31-23-37-32-13-9-8-12-30(31)32)40-20-16-29(17-21-40)39-18-10-7-11-19-39/h8-9,12-15,22-23,29,33,37H,5-7,10-11,16-21,24,36H2,1-4H3. The zero-order valence-electron chi connectivity index (χ0n) is 26.0. The van der Waals surface area contributed by atoms with Crippen LogP contribution in [-0.2, 0) is 29.0 Å². The van der Waals surface area contributed by atoms with E-state index in [0.29, 0.717) is 25.7 Å². The third kappa shape index (κ3) is 5.67. The number of Topliss-reactive ketones (excluding diaryl/α,β-unsaturated/α-hetero) is 1. The van der Waals surface area contributed by atoms with Gasteiger partial charge < -0.3 is 20.5 Å². The number of piperidine rings is 2. The van der Waals surface area contributed by atoms with Crippen molar-refractivity contribution in [2.75, 3.05) is 33.2 Å². The molecule has 1 amide bonds. The second kappa shape index (κ2) is 13.1. The molecule has 0 bridgehead atoms. The molecule has 5 rings (SSSR count). The number of amides is 1. The molecule has 2 unspecified atom stereocenters. The number of hydrogen-bond acceptors (Lipinski definition) is 5. The number of para-hydroxylation sites is 1. The highest BCUT2D eigenvalue weighted by Crippen LogP contribution is 2.38. The molecule has 2 aromatic carbocycles. The molecule has 3 aromatic rings. The number of ketones is 1. The summed E-state index contributed by atoms with van der Waals surface area (Å²) >= 11 is 0. The average Bonchev–Trinajstić information content (AvgIpc) is 3.46. The highest BCUT2D eigenvalue weighted by Gasteiger charge is 2.56. The highest BCUT2D eigenvalue weighted by atomic mass is 16.2. The number of carbonyl (C=O) groups is 2. The van der Waals surface area contributed by atoms with E-state index < -0.39 is 11.6 Å². The van der Waals surface area contributed by atoms with Crippen molar-refractivity contribution in [2.45, 2.75) is 89.9 Å². The van der Waals surface area contributed by atoms with Crippen LogP contribution in [0, 0.1) is 0 Å². The SMILES string of the molecule is CCc1ccc(CN(C)C(=O)C(C(C)=O)(C(N)c2c[nH]c3ccccc23)N2CCC(N3CCCCC3)CC2)cc1CC. The van der Waals surface area contributed by atoms with E-state index in [2.05, 4.69) is 46.8 Å². The van der Waals surface area contributed by atoms with Gasteiger partial charge in [-0.05, 0) is 86.9 Å². The number of aromatic amines is 1. The van der Waals surface area contributed by atoms with Crippen LogP contribution in [-0.4, -0.2) is 76.2 Å². The average molecular weight is 572 g/mol. The third-order valence-corrected chi connectivity index (χ3v) is 9.94. The van der Waals surface area contributed by atoms with Crippen LogP contribution in [0.4, 0.5) is 0 Å². The number of hydrogen-bond donors (Lipinski definition) is 2. The van der Waals surface area contributed by atoms with Gasteiger partial charge in [-0.25, -0.2) is 0 Å². The van der Waals surface area contributed by atoms with Crippen molar-refractivity contribution < 1.29 is 9.59 Å². The zero-order valence-corrected chi connectivity index (χ0v) is 26.0. The molecule has 2 fully saturated rings. The third-order valence-electron chi connectivity index (χ3n) is 9.94. The van der Waals surface area contributed by atoms with Crippen LogP contribution in [0.3, 0.4) is 0 Å². The summed E-state index contributed by atoms with van der Waals surface area (Å²) in [6.45, 7) is 9.96. The Morgan fingerprint density at radius 1 is 1.00 bits per heavy atom. The van der Waals surface area contributed by atoms with Gasteiger partial charge in [0, 0.05) is 49.8 Å². The number of aromatic nitrogens is 1. The minimum absolute atomic E-state index is 0.191. The number of carbonyl (C=O) groups excluding carboxylic acids is 2. The van der Waals surface area contributed by atoms with Crippen molar-refractivity contribution in [1.29, 1.82) is 0 Å². The predicted molar refractivity (Wildman–Crippen MR) is 170 cm³/mol. The largest absolute Gasteiger partial charge is 0.361 e. The molecule has 0 radical (unpaired) electrons. The molecule has 1 aromatic heterocycles. The summed E-state index contributed by atoms with van der Waals surface area (Å²) in [5.41, 5.74) is 11.2. The van der Waals surface area contributed by atoms with E-state index in [1.807, 2.05) is 37.5 Å². The minimum Gasteiger partial charge on any atom is -0.361 e. The first-order chi connectivity index (χ1) is 20.3. The summed E-state index contributed by atoms with van der Waals surface area (Å²) in [4.78, 5) is 38.6. The number of nitrogens with zero attached hydrogens (tertiary/aromatic N) is 3. The first-order valence-electron chi connectivity index (χ1n) is 16.0. The number of rotatable bonds is 10. The minimum atomic E-state index is -1.50. The van der Waals surface area contributed by atoms with Crippen LogP contribution in [0.1, 0.15) is 81.2 Å². The number of likely N-dealkylation sites (tertiary alicyclic amines) is 2. The van der Waals surface area contributed by atoms with E-state index in [4.69, 9.17) is 5.73 Å². The van der Waals surface area contributed by atoms with E-state index in [1.54, 1.807) is 11.8 Å². The Morgan fingerprint density at radius 3 is 2.36 bits per heavy atom. The Bertz CT molecular complexity index is 1390. The Kier molecular flexibility index (Phi) is 9.50. The van der Waals surface area contributed by atoms with Crippen LogP contribution in [0.2, 0.25) is 0 Å². The van der Waals surface area contributed by atoms with Gasteiger partial charge in [0.15, 0.2) is 11.3 Å². The Labute approximate surface area is 251 Å². The number of H-pyrrole nitrogens is 1. The maximum atomic E-state index is 14.8. The maximum absolute atomic E-state index is 14.8. The lowest BCUT2D eigenvalue weighted by molar-refractivity contribution is -0.155. The topological polar surface area (TPSA) is 85.7 Å². The van der Waals surface area contributed by atoms with Crippen molar-refractivity contribution in [3.63, 3.8) is 0 Å². The van der Waals surface area contributed by atoms with Crippen molar-refractivity contribution >= 4 is 22.6 Å². The van der Waals surface area contributed by atoms with Gasteiger partial charge in [-0.15, -0.1) is 0 Å². The number of likely N-dealkylation sites (N-methyl/N-ethyl adjacent to an activating group) is 1. The van der Waals surface area contributed by atoms with Crippen molar-refractivity contribution in [2.24, 2.45) is 5.73 Å². The molecular weight excluding hydrogens is 522 g/mol. The molecule has 2 atom stereocenters. The van der Waals surface area contributed by atoms with Gasteiger partial charge in [0.1, 0.15) is 0 Å². The summed E-state index contributed by atoms with van der Waals surface area (Å²) in [7, 11) is 1.82. The number of aryl methyl sites for hydroxylation is 2. The molecular formula is C35H49N5O2. The number of nitrogens with two attached hydrogens (primary N) is 1. The smallest absolute Gasteiger partial charge is 0.252 e. The van der Waals surface area contributed by atoms with E-state index in [1.165, 1.54) is 30.4 Å². The summed E-state index contributed by atoms with van der Waals surface area (Å²) in [6.07, 6.45) is 9.51. The molecule has 0 saturated carbocycles. The fraction of sp³-hybridized carbons (Fsp3) is 0.543. The van der Waals surface area contributed by atoms with E-state index in [0.717, 1.165) is 60.8 Å². The molecule has 2 aliphatic heterocycles. The van der Waals surface area contributed by atoms with Crippen molar-refractivity contribution in [3.05, 3.63) is 70.9 Å². The zero-order chi connectivity index (χ0) is 29.9. The molecule has 0 aliphatic carbocycles. The molecule has 3 heterocycles. The van der Waals surface area contributed by atoms with Gasteiger partial charge in [-0.2, -0.15) is 0 Å². The molecule has 3 N–H and O–H groups in total. The number of nitrogens with one attached hydrogen (secondary N) is 1. The second-order valence-corrected chi connectivity index (χ2v) is 12.4. The van der Waals surface area contributed by atoms with Crippen LogP contribution >= 0.6 is 0 Å². The Morgan fingerprint density at radius 2 is 1.69 bits per heavy atom. The fourth-order valence-electron chi connectivity index (χ4n) is 7.59. The summed E-state index contributed by atoms with van der Waals surface area (Å²) in [5, 5.41) is 0.956. The molecule has 0 spiro atoms. The molecule has 2 saturated heterocycles. The predicted octanol–water partition coefficient (Wildman–Crippen LogP) is 5.23. The Balaban J connectivity index is 1.50. The van der Waals surface area contributed by atoms with Gasteiger partial charge in [-0.3, -0.25) is 14.5 Å². The molecule has 7 nitrogen and oxygen atoms in total. The maximum Gasteiger partial charge on any atom is 0.252 e. The summed E-state index contributed by atoms with van der Waals surface area (Å²) < 4.78 is 0. The van der Waals surface area contributed by atoms with Crippen LogP contribution < -0.4 is 5.73 Å². The number of fused-ring (bicyclic) bond motifs is 1. The highest BCUT2D eigenvalue weighted by molar-refractivity contribution is 6.11. The molecule has 226 valence electrons. The normalized spacial score (nSPS) is 19.5. The van der Waals surface area contributed by atoms with E-state index in [9.17, 15) is 9.59 Å². The monoisotopic (exact) mass is 571 g/mol. The molecule has 7 heteroatoms. The van der Waals surface area contributed by atoms with Gasteiger partial charge in [0.25, 0.3) is 5.91 Å². The fourth-order valence-corrected chi connectivity index (χ4v) is 7.59. The first-order valence-corrected chi connectivity index (χ1v) is 16.0. The molecule has 2 aliphatic rings. The lowest BCUT2D eigenvalue weighted by atomic mass is 9.78. The van der Waals surface area contributed by atoms with Crippen LogP contribution in [0.5, 0.6) is 0 Å². The lowest BCUT2D eigenvalue weighted by Crippen LogP contribution is -2.69. The van der Waals surface area contributed by atoms with Gasteiger partial charge in [0.2, 0.25) is 0 Å². The van der Waals surface area contributed by atoms with E-state index in [-0.39, 0.29) is 11.7 Å². The van der Waals surface area contributed by atoms with E-state index >= 15 is 0 Å². The summed E-state index contributed by atoms with van der Waals surface area (Å²) in [5.74, 6) is -0.411. The van der Waals surface area contributed by atoms with Crippen molar-refractivity contribution in [3.8, 4) is 0 Å². The quantitative estimate of drug-likeness (QED) is 0.326.